The Morgan fingerprint density at radius 3 is 2.56 bits per heavy atom. The number of hydrogen-bond acceptors (Lipinski definition) is 2. The van der Waals surface area contributed by atoms with E-state index in [1.165, 1.54) is 0 Å². The summed E-state index contributed by atoms with van der Waals surface area (Å²) in [5, 5.41) is 12.4. The van der Waals surface area contributed by atoms with E-state index in [1.54, 1.807) is 6.92 Å². The Morgan fingerprint density at radius 2 is 1.94 bits per heavy atom. The van der Waals surface area contributed by atoms with E-state index in [9.17, 15) is 14.7 Å². The van der Waals surface area contributed by atoms with E-state index in [0.29, 0.717) is 6.42 Å². The van der Waals surface area contributed by atoms with Crippen molar-refractivity contribution in [3.63, 3.8) is 0 Å². The van der Waals surface area contributed by atoms with Gasteiger partial charge in [0.2, 0.25) is 5.91 Å². The lowest BCUT2D eigenvalue weighted by Crippen LogP contribution is -2.53. The summed E-state index contributed by atoms with van der Waals surface area (Å²) >= 11 is 0. The average Bonchev–Trinajstić information content (AvgIpc) is 2.85. The summed E-state index contributed by atoms with van der Waals surface area (Å²) in [5.74, 6) is -0.776. The Balaban J connectivity index is 2.01. The topological polar surface area (TPSA) is 66.4 Å². The maximum absolute atomic E-state index is 12.1. The van der Waals surface area contributed by atoms with E-state index >= 15 is 0 Å². The molecule has 2 N–H and O–H groups in total. The molecule has 2 unspecified atom stereocenters. The van der Waals surface area contributed by atoms with E-state index in [0.717, 1.165) is 32.1 Å². The molecule has 2 atom stereocenters. The largest absolute Gasteiger partial charge is 0.481 e. The van der Waals surface area contributed by atoms with E-state index in [-0.39, 0.29) is 17.9 Å². The molecule has 4 nitrogen and oxygen atoms in total. The number of allylic oxidation sites excluding steroid dienone is 2. The summed E-state index contributed by atoms with van der Waals surface area (Å²) in [6.07, 6.45) is 8.94. The number of carboxylic acid groups (broad SMARTS) is 1. The Morgan fingerprint density at radius 1 is 1.28 bits per heavy atom. The van der Waals surface area contributed by atoms with Crippen LogP contribution in [0, 0.1) is 11.3 Å². The smallest absolute Gasteiger partial charge is 0.311 e. The van der Waals surface area contributed by atoms with Gasteiger partial charge in [0.05, 0.1) is 5.41 Å². The van der Waals surface area contributed by atoms with Crippen LogP contribution in [0.15, 0.2) is 12.2 Å². The van der Waals surface area contributed by atoms with Gasteiger partial charge in [0.25, 0.3) is 0 Å². The molecule has 0 heterocycles. The highest BCUT2D eigenvalue weighted by Crippen LogP contribution is 2.36. The van der Waals surface area contributed by atoms with Crippen molar-refractivity contribution in [1.29, 1.82) is 0 Å². The molecule has 0 aromatic rings. The lowest BCUT2D eigenvalue weighted by molar-refractivity contribution is -0.152. The van der Waals surface area contributed by atoms with E-state index in [2.05, 4.69) is 5.32 Å². The van der Waals surface area contributed by atoms with Gasteiger partial charge >= 0.3 is 5.97 Å². The maximum Gasteiger partial charge on any atom is 0.311 e. The minimum Gasteiger partial charge on any atom is -0.481 e. The van der Waals surface area contributed by atoms with Gasteiger partial charge in [-0.3, -0.25) is 9.59 Å². The van der Waals surface area contributed by atoms with Crippen molar-refractivity contribution in [2.75, 3.05) is 0 Å². The highest BCUT2D eigenvalue weighted by atomic mass is 16.4. The van der Waals surface area contributed by atoms with Crippen LogP contribution in [0.1, 0.15) is 45.4 Å². The lowest BCUT2D eigenvalue weighted by atomic mass is 9.71. The molecule has 4 heteroatoms. The molecule has 18 heavy (non-hydrogen) atoms. The molecule has 2 aliphatic carbocycles. The van der Waals surface area contributed by atoms with Crippen LogP contribution < -0.4 is 5.32 Å². The summed E-state index contributed by atoms with van der Waals surface area (Å²) in [6.45, 7) is 1.76. The Bertz CT molecular complexity index is 369. The predicted molar refractivity (Wildman–Crippen MR) is 68.0 cm³/mol. The Kier molecular flexibility index (Phi) is 3.73. The summed E-state index contributed by atoms with van der Waals surface area (Å²) in [7, 11) is 0. The molecule has 100 valence electrons. The zero-order valence-electron chi connectivity index (χ0n) is 10.8. The molecule has 1 amide bonds. The number of carbonyl (C=O) groups is 2. The molecule has 0 aliphatic heterocycles. The van der Waals surface area contributed by atoms with Gasteiger partial charge in [-0.2, -0.15) is 0 Å². The first-order valence-corrected chi connectivity index (χ1v) is 6.73. The predicted octanol–water partition coefficient (Wildman–Crippen LogP) is 2.10. The first-order chi connectivity index (χ1) is 8.54. The van der Waals surface area contributed by atoms with Gasteiger partial charge < -0.3 is 10.4 Å². The van der Waals surface area contributed by atoms with Crippen molar-refractivity contribution < 1.29 is 14.7 Å². The fourth-order valence-electron chi connectivity index (χ4n) is 2.94. The second-order valence-corrected chi connectivity index (χ2v) is 5.67. The van der Waals surface area contributed by atoms with Gasteiger partial charge in [0, 0.05) is 12.0 Å². The first kappa shape index (κ1) is 13.1. The molecule has 0 radical (unpaired) electrons. The number of amides is 1. The summed E-state index contributed by atoms with van der Waals surface area (Å²) in [5.41, 5.74) is -0.806. The third-order valence-electron chi connectivity index (χ3n) is 4.39. The molecule has 2 rings (SSSR count). The van der Waals surface area contributed by atoms with Crippen LogP contribution >= 0.6 is 0 Å². The molecular formula is C14H21NO3. The average molecular weight is 251 g/mol. The molecule has 1 fully saturated rings. The minimum atomic E-state index is -0.806. The lowest BCUT2D eigenvalue weighted by Gasteiger charge is -2.38. The molecule has 0 spiro atoms. The van der Waals surface area contributed by atoms with Crippen LogP contribution in [-0.2, 0) is 9.59 Å². The van der Waals surface area contributed by atoms with Gasteiger partial charge in [0.1, 0.15) is 0 Å². The van der Waals surface area contributed by atoms with E-state index in [4.69, 9.17) is 0 Å². The second-order valence-electron chi connectivity index (χ2n) is 5.67. The summed E-state index contributed by atoms with van der Waals surface area (Å²) in [6, 6.07) is -0.225. The monoisotopic (exact) mass is 251 g/mol. The van der Waals surface area contributed by atoms with Crippen LogP contribution in [0.4, 0.5) is 0 Å². The number of rotatable bonds is 3. The molecule has 0 bridgehead atoms. The zero-order valence-corrected chi connectivity index (χ0v) is 10.8. The third-order valence-corrected chi connectivity index (χ3v) is 4.39. The Hall–Kier alpha value is -1.32. The summed E-state index contributed by atoms with van der Waals surface area (Å²) in [4.78, 5) is 23.5. The van der Waals surface area contributed by atoms with E-state index < -0.39 is 11.4 Å². The number of hydrogen-bond donors (Lipinski definition) is 2. The van der Waals surface area contributed by atoms with Crippen LogP contribution in [-0.4, -0.2) is 23.0 Å². The second kappa shape index (κ2) is 5.12. The normalized spacial score (nSPS) is 32.4. The van der Waals surface area contributed by atoms with Crippen molar-refractivity contribution in [3.05, 3.63) is 12.2 Å². The van der Waals surface area contributed by atoms with Crippen molar-refractivity contribution in [3.8, 4) is 0 Å². The molecule has 0 aromatic heterocycles. The maximum atomic E-state index is 12.1. The third kappa shape index (κ3) is 2.42. The highest BCUT2D eigenvalue weighted by Gasteiger charge is 2.44. The van der Waals surface area contributed by atoms with Crippen LogP contribution in [0.25, 0.3) is 0 Å². The standard InChI is InChI=1S/C14H21NO3/c1-14(13(17)18)9-5-4-8-11(14)15-12(16)10-6-2-3-7-10/h2-3,10-11H,4-9H2,1H3,(H,15,16)(H,17,18). The van der Waals surface area contributed by atoms with Gasteiger partial charge in [-0.05, 0) is 32.6 Å². The van der Waals surface area contributed by atoms with Gasteiger partial charge in [-0.25, -0.2) is 0 Å². The van der Waals surface area contributed by atoms with Crippen LogP contribution in [0.5, 0.6) is 0 Å². The van der Waals surface area contributed by atoms with Gasteiger partial charge in [-0.15, -0.1) is 0 Å². The first-order valence-electron chi connectivity index (χ1n) is 6.73. The molecule has 1 saturated carbocycles. The summed E-state index contributed by atoms with van der Waals surface area (Å²) < 4.78 is 0. The SMILES string of the molecule is CC1(C(=O)O)CCCCC1NC(=O)C1CC=CC1. The molecule has 2 aliphatic rings. The molecule has 0 saturated heterocycles. The van der Waals surface area contributed by atoms with Crippen molar-refractivity contribution in [1.82, 2.24) is 5.32 Å². The fourth-order valence-corrected chi connectivity index (χ4v) is 2.94. The van der Waals surface area contributed by atoms with E-state index in [1.807, 2.05) is 12.2 Å². The zero-order chi connectivity index (χ0) is 13.2. The molecular weight excluding hydrogens is 230 g/mol. The quantitative estimate of drug-likeness (QED) is 0.755. The fraction of sp³-hybridized carbons (Fsp3) is 0.714. The molecule has 0 aromatic carbocycles. The van der Waals surface area contributed by atoms with Crippen molar-refractivity contribution in [2.24, 2.45) is 11.3 Å². The van der Waals surface area contributed by atoms with Gasteiger partial charge in [-0.1, -0.05) is 25.0 Å². The highest BCUT2D eigenvalue weighted by molar-refractivity contribution is 5.82. The Labute approximate surface area is 107 Å². The minimum absolute atomic E-state index is 0.00460. The van der Waals surface area contributed by atoms with Gasteiger partial charge in [0.15, 0.2) is 0 Å². The van der Waals surface area contributed by atoms with Crippen molar-refractivity contribution >= 4 is 11.9 Å². The number of carbonyl (C=O) groups excluding carboxylic acids is 1. The van der Waals surface area contributed by atoms with Crippen LogP contribution in [0.3, 0.4) is 0 Å². The number of nitrogens with one attached hydrogen (secondary N) is 1. The number of carboxylic acids is 1. The van der Waals surface area contributed by atoms with Crippen molar-refractivity contribution in [2.45, 2.75) is 51.5 Å². The van der Waals surface area contributed by atoms with Crippen LogP contribution in [0.2, 0.25) is 0 Å². The number of aliphatic carboxylic acids is 1.